The average molecular weight is 278 g/mol. The lowest BCUT2D eigenvalue weighted by atomic mass is 10.1. The lowest BCUT2D eigenvalue weighted by Gasteiger charge is -2.18. The number of carbonyl (C=O) groups is 3. The Bertz CT molecular complexity index is 556. The minimum absolute atomic E-state index is 0.0135. The van der Waals surface area contributed by atoms with Crippen molar-refractivity contribution in [2.24, 2.45) is 0 Å². The van der Waals surface area contributed by atoms with Crippen molar-refractivity contribution in [3.05, 3.63) is 23.8 Å². The minimum atomic E-state index is -0.892. The van der Waals surface area contributed by atoms with Crippen LogP contribution in [0.5, 0.6) is 5.75 Å². The molecule has 1 aliphatic rings. The number of nitrogens with one attached hydrogen (secondary N) is 2. The minimum Gasteiger partial charge on any atom is -0.482 e. The molecule has 0 saturated heterocycles. The van der Waals surface area contributed by atoms with Gasteiger partial charge in [0, 0.05) is 18.5 Å². The molecule has 0 fully saturated rings. The molecule has 0 unspecified atom stereocenters. The molecule has 0 aromatic heterocycles. The van der Waals surface area contributed by atoms with Crippen molar-refractivity contribution in [2.45, 2.75) is 12.8 Å². The summed E-state index contributed by atoms with van der Waals surface area (Å²) >= 11 is 0. The van der Waals surface area contributed by atoms with E-state index in [0.29, 0.717) is 30.0 Å². The van der Waals surface area contributed by atoms with Gasteiger partial charge in [0.2, 0.25) is 0 Å². The monoisotopic (exact) mass is 278 g/mol. The number of aliphatic carboxylic acids is 1. The number of ether oxygens (including phenoxy) is 1. The molecule has 0 saturated carbocycles. The van der Waals surface area contributed by atoms with Crippen molar-refractivity contribution in [3.63, 3.8) is 0 Å². The van der Waals surface area contributed by atoms with Gasteiger partial charge < -0.3 is 20.5 Å². The van der Waals surface area contributed by atoms with Crippen LogP contribution in [0.4, 0.5) is 5.69 Å². The van der Waals surface area contributed by atoms with E-state index in [1.807, 2.05) is 0 Å². The lowest BCUT2D eigenvalue weighted by molar-refractivity contribution is -0.137. The third kappa shape index (κ3) is 3.47. The van der Waals surface area contributed by atoms with E-state index in [1.54, 1.807) is 18.2 Å². The van der Waals surface area contributed by atoms with E-state index in [1.165, 1.54) is 0 Å². The Morgan fingerprint density at radius 1 is 1.40 bits per heavy atom. The fourth-order valence-electron chi connectivity index (χ4n) is 1.76. The largest absolute Gasteiger partial charge is 0.482 e. The van der Waals surface area contributed by atoms with E-state index >= 15 is 0 Å². The lowest BCUT2D eigenvalue weighted by Crippen LogP contribution is -2.27. The summed E-state index contributed by atoms with van der Waals surface area (Å²) in [6.45, 7) is 0.219. The van der Waals surface area contributed by atoms with Gasteiger partial charge in [-0.1, -0.05) is 0 Å². The van der Waals surface area contributed by atoms with Crippen LogP contribution >= 0.6 is 0 Å². The number of carboxylic acid groups (broad SMARTS) is 1. The van der Waals surface area contributed by atoms with Crippen LogP contribution in [-0.2, 0) is 9.59 Å². The first kappa shape index (κ1) is 13.9. The zero-order chi connectivity index (χ0) is 14.5. The highest BCUT2D eigenvalue weighted by atomic mass is 16.5. The zero-order valence-electron chi connectivity index (χ0n) is 10.6. The first-order valence-electron chi connectivity index (χ1n) is 6.13. The third-order valence-electron chi connectivity index (χ3n) is 2.73. The van der Waals surface area contributed by atoms with Gasteiger partial charge >= 0.3 is 5.97 Å². The van der Waals surface area contributed by atoms with Gasteiger partial charge in [-0.25, -0.2) is 0 Å². The van der Waals surface area contributed by atoms with Crippen LogP contribution in [0, 0.1) is 0 Å². The topological polar surface area (TPSA) is 105 Å². The Balaban J connectivity index is 1.94. The molecule has 106 valence electrons. The summed E-state index contributed by atoms with van der Waals surface area (Å²) in [4.78, 5) is 33.3. The summed E-state index contributed by atoms with van der Waals surface area (Å²) in [7, 11) is 0. The maximum Gasteiger partial charge on any atom is 0.303 e. The normalized spacial score (nSPS) is 12.9. The van der Waals surface area contributed by atoms with Crippen LogP contribution in [0.2, 0.25) is 0 Å². The van der Waals surface area contributed by atoms with Crippen molar-refractivity contribution >= 4 is 23.5 Å². The van der Waals surface area contributed by atoms with Crippen LogP contribution in [0.3, 0.4) is 0 Å². The molecule has 2 amide bonds. The van der Waals surface area contributed by atoms with E-state index in [0.717, 1.165) is 0 Å². The van der Waals surface area contributed by atoms with Crippen LogP contribution in [0.25, 0.3) is 0 Å². The number of hydrogen-bond donors (Lipinski definition) is 3. The highest BCUT2D eigenvalue weighted by molar-refractivity contribution is 5.98. The Hall–Kier alpha value is -2.57. The molecular weight excluding hydrogens is 264 g/mol. The van der Waals surface area contributed by atoms with Crippen molar-refractivity contribution in [3.8, 4) is 5.75 Å². The second-order valence-corrected chi connectivity index (χ2v) is 4.30. The van der Waals surface area contributed by atoms with E-state index in [-0.39, 0.29) is 24.8 Å². The Morgan fingerprint density at radius 3 is 2.95 bits per heavy atom. The summed E-state index contributed by atoms with van der Waals surface area (Å²) in [5.41, 5.74) is 0.930. The van der Waals surface area contributed by atoms with Gasteiger partial charge in [-0.05, 0) is 24.6 Å². The Labute approximate surface area is 114 Å². The smallest absolute Gasteiger partial charge is 0.303 e. The van der Waals surface area contributed by atoms with Crippen LogP contribution in [-0.4, -0.2) is 36.0 Å². The summed E-state index contributed by atoms with van der Waals surface area (Å²) < 4.78 is 5.21. The maximum atomic E-state index is 11.8. The van der Waals surface area contributed by atoms with Gasteiger partial charge in [0.15, 0.2) is 6.61 Å². The second kappa shape index (κ2) is 6.05. The van der Waals surface area contributed by atoms with Crippen molar-refractivity contribution < 1.29 is 24.2 Å². The molecular formula is C13H14N2O5. The number of carbonyl (C=O) groups excluding carboxylic acids is 2. The number of amides is 2. The number of anilines is 1. The molecule has 0 aliphatic carbocycles. The van der Waals surface area contributed by atoms with E-state index in [2.05, 4.69) is 10.6 Å². The number of benzene rings is 1. The van der Waals surface area contributed by atoms with E-state index in [9.17, 15) is 14.4 Å². The van der Waals surface area contributed by atoms with E-state index < -0.39 is 5.97 Å². The van der Waals surface area contributed by atoms with E-state index in [4.69, 9.17) is 9.84 Å². The van der Waals surface area contributed by atoms with Crippen molar-refractivity contribution in [2.75, 3.05) is 18.5 Å². The molecule has 1 aliphatic heterocycles. The molecule has 2 rings (SSSR count). The van der Waals surface area contributed by atoms with Crippen molar-refractivity contribution in [1.29, 1.82) is 0 Å². The maximum absolute atomic E-state index is 11.8. The average Bonchev–Trinajstić information content (AvgIpc) is 2.42. The van der Waals surface area contributed by atoms with Gasteiger partial charge in [0.1, 0.15) is 5.75 Å². The molecule has 1 aromatic carbocycles. The summed E-state index contributed by atoms with van der Waals surface area (Å²) in [6, 6.07) is 4.71. The molecule has 1 aromatic rings. The molecule has 0 radical (unpaired) electrons. The summed E-state index contributed by atoms with van der Waals surface area (Å²) in [6.07, 6.45) is 0.387. The molecule has 7 nitrogen and oxygen atoms in total. The van der Waals surface area contributed by atoms with Gasteiger partial charge in [0.05, 0.1) is 5.69 Å². The van der Waals surface area contributed by atoms with Gasteiger partial charge in [0.25, 0.3) is 11.8 Å². The molecule has 0 atom stereocenters. The third-order valence-corrected chi connectivity index (χ3v) is 2.73. The van der Waals surface area contributed by atoms with Crippen LogP contribution in [0.1, 0.15) is 23.2 Å². The fourth-order valence-corrected chi connectivity index (χ4v) is 1.76. The highest BCUT2D eigenvalue weighted by Crippen LogP contribution is 2.28. The molecule has 3 N–H and O–H groups in total. The standard InChI is InChI=1S/C13H14N2O5/c16-11-7-20-10-6-8(3-4-9(10)15-11)13(19)14-5-1-2-12(17)18/h3-4,6H,1-2,5,7H2,(H,14,19)(H,15,16)(H,17,18). The molecule has 0 bridgehead atoms. The van der Waals surface area contributed by atoms with Gasteiger partial charge in [-0.3, -0.25) is 14.4 Å². The SMILES string of the molecule is O=C(O)CCCNC(=O)c1ccc2c(c1)OCC(=O)N2. The Morgan fingerprint density at radius 2 is 2.20 bits per heavy atom. The quantitative estimate of drug-likeness (QED) is 0.684. The fraction of sp³-hybridized carbons (Fsp3) is 0.308. The first-order valence-corrected chi connectivity index (χ1v) is 6.13. The second-order valence-electron chi connectivity index (χ2n) is 4.30. The summed E-state index contributed by atoms with van der Waals surface area (Å²) in [5.74, 6) is -0.984. The number of carboxylic acids is 1. The molecule has 0 spiro atoms. The van der Waals surface area contributed by atoms with Gasteiger partial charge in [-0.2, -0.15) is 0 Å². The number of rotatable bonds is 5. The summed E-state index contributed by atoms with van der Waals surface area (Å²) in [5, 5.41) is 13.7. The van der Waals surface area contributed by atoms with Crippen LogP contribution in [0.15, 0.2) is 18.2 Å². The molecule has 7 heteroatoms. The molecule has 1 heterocycles. The number of fused-ring (bicyclic) bond motifs is 1. The first-order chi connectivity index (χ1) is 9.56. The Kier molecular flexibility index (Phi) is 4.19. The number of hydrogen-bond acceptors (Lipinski definition) is 4. The van der Waals surface area contributed by atoms with Gasteiger partial charge in [-0.15, -0.1) is 0 Å². The van der Waals surface area contributed by atoms with Crippen LogP contribution < -0.4 is 15.4 Å². The predicted octanol–water partition coefficient (Wildman–Crippen LogP) is 0.612. The molecule has 20 heavy (non-hydrogen) atoms. The predicted molar refractivity (Wildman–Crippen MR) is 69.8 cm³/mol. The zero-order valence-corrected chi connectivity index (χ0v) is 10.6. The van der Waals surface area contributed by atoms with Crippen molar-refractivity contribution in [1.82, 2.24) is 5.32 Å². The highest BCUT2D eigenvalue weighted by Gasteiger charge is 2.17.